The standard InChI is InChI=1S/C23H21NO4/c1-16-11-12-21(25)19(13-16)23(27)28-15-22(26)24-20-10-6-5-9-18(20)14-17-7-3-2-4-8-17/h2-13,25H,14-15H2,1H3,(H,24,26). The molecule has 0 saturated carbocycles. The lowest BCUT2D eigenvalue weighted by Gasteiger charge is -2.12. The molecule has 3 aromatic rings. The zero-order valence-corrected chi connectivity index (χ0v) is 15.5. The molecule has 0 bridgehead atoms. The summed E-state index contributed by atoms with van der Waals surface area (Å²) in [5, 5.41) is 12.6. The Morgan fingerprint density at radius 3 is 2.46 bits per heavy atom. The number of aryl methyl sites for hydroxylation is 1. The Labute approximate surface area is 163 Å². The number of anilines is 1. The molecule has 142 valence electrons. The van der Waals surface area contributed by atoms with Crippen LogP contribution in [0.15, 0.2) is 72.8 Å². The molecule has 3 aromatic carbocycles. The van der Waals surface area contributed by atoms with E-state index in [2.05, 4.69) is 5.32 Å². The Bertz CT molecular complexity index is 983. The van der Waals surface area contributed by atoms with Gasteiger partial charge in [0.1, 0.15) is 11.3 Å². The molecule has 0 atom stereocenters. The van der Waals surface area contributed by atoms with E-state index in [0.717, 1.165) is 16.7 Å². The monoisotopic (exact) mass is 375 g/mol. The number of phenolic OH excluding ortho intramolecular Hbond substituents is 1. The predicted octanol–water partition coefficient (Wildman–Crippen LogP) is 4.09. The minimum Gasteiger partial charge on any atom is -0.507 e. The van der Waals surface area contributed by atoms with Crippen molar-refractivity contribution in [2.45, 2.75) is 13.3 Å². The Hall–Kier alpha value is -3.60. The number of rotatable bonds is 6. The first-order chi connectivity index (χ1) is 13.5. The van der Waals surface area contributed by atoms with Crippen LogP contribution in [-0.4, -0.2) is 23.6 Å². The molecular formula is C23H21NO4. The molecule has 0 unspecified atom stereocenters. The third-order valence-corrected chi connectivity index (χ3v) is 4.24. The van der Waals surface area contributed by atoms with Crippen molar-refractivity contribution >= 4 is 17.6 Å². The maximum Gasteiger partial charge on any atom is 0.342 e. The zero-order valence-electron chi connectivity index (χ0n) is 15.5. The number of hydrogen-bond acceptors (Lipinski definition) is 4. The normalized spacial score (nSPS) is 10.3. The van der Waals surface area contributed by atoms with E-state index < -0.39 is 18.5 Å². The smallest absolute Gasteiger partial charge is 0.342 e. The molecule has 0 saturated heterocycles. The van der Waals surface area contributed by atoms with Crippen LogP contribution in [0.2, 0.25) is 0 Å². The lowest BCUT2D eigenvalue weighted by atomic mass is 10.0. The van der Waals surface area contributed by atoms with Crippen molar-refractivity contribution in [1.82, 2.24) is 0 Å². The predicted molar refractivity (Wildman–Crippen MR) is 107 cm³/mol. The second-order valence-electron chi connectivity index (χ2n) is 6.46. The number of para-hydroxylation sites is 1. The van der Waals surface area contributed by atoms with E-state index in [-0.39, 0.29) is 11.3 Å². The van der Waals surface area contributed by atoms with Crippen molar-refractivity contribution in [3.8, 4) is 5.75 Å². The van der Waals surface area contributed by atoms with E-state index in [0.29, 0.717) is 12.1 Å². The summed E-state index contributed by atoms with van der Waals surface area (Å²) in [6.45, 7) is 1.36. The molecule has 28 heavy (non-hydrogen) atoms. The number of benzene rings is 3. The number of amides is 1. The molecule has 0 aliphatic rings. The number of hydrogen-bond donors (Lipinski definition) is 2. The van der Waals surface area contributed by atoms with Crippen LogP contribution in [-0.2, 0) is 16.0 Å². The molecule has 1 amide bonds. The lowest BCUT2D eigenvalue weighted by Crippen LogP contribution is -2.21. The van der Waals surface area contributed by atoms with Crippen LogP contribution in [0.5, 0.6) is 5.75 Å². The van der Waals surface area contributed by atoms with E-state index in [1.54, 1.807) is 13.0 Å². The molecule has 0 aromatic heterocycles. The van der Waals surface area contributed by atoms with E-state index in [1.165, 1.54) is 12.1 Å². The van der Waals surface area contributed by atoms with Gasteiger partial charge in [0.25, 0.3) is 5.91 Å². The van der Waals surface area contributed by atoms with Crippen LogP contribution in [0.25, 0.3) is 0 Å². The van der Waals surface area contributed by atoms with E-state index in [9.17, 15) is 14.7 Å². The summed E-state index contributed by atoms with van der Waals surface area (Å²) in [6.07, 6.45) is 0.675. The first-order valence-electron chi connectivity index (χ1n) is 8.91. The van der Waals surface area contributed by atoms with E-state index >= 15 is 0 Å². The summed E-state index contributed by atoms with van der Waals surface area (Å²) in [7, 11) is 0. The average molecular weight is 375 g/mol. The fraction of sp³-hybridized carbons (Fsp3) is 0.130. The van der Waals surface area contributed by atoms with Crippen LogP contribution in [0.1, 0.15) is 27.0 Å². The van der Waals surface area contributed by atoms with Crippen molar-refractivity contribution in [2.75, 3.05) is 11.9 Å². The molecule has 5 heteroatoms. The summed E-state index contributed by atoms with van der Waals surface area (Å²) < 4.78 is 5.05. The minimum atomic E-state index is -0.742. The van der Waals surface area contributed by atoms with Gasteiger partial charge in [0.2, 0.25) is 0 Å². The number of phenols is 1. The first kappa shape index (κ1) is 19.2. The topological polar surface area (TPSA) is 75.6 Å². The zero-order chi connectivity index (χ0) is 19.9. The van der Waals surface area contributed by atoms with Crippen LogP contribution >= 0.6 is 0 Å². The van der Waals surface area contributed by atoms with Crippen molar-refractivity contribution < 1.29 is 19.4 Å². The molecule has 0 radical (unpaired) electrons. The number of carbonyl (C=O) groups excluding carboxylic acids is 2. The molecule has 0 spiro atoms. The van der Waals surface area contributed by atoms with E-state index in [1.807, 2.05) is 54.6 Å². The highest BCUT2D eigenvalue weighted by Gasteiger charge is 2.15. The van der Waals surface area contributed by atoms with Gasteiger partial charge in [-0.3, -0.25) is 4.79 Å². The number of ether oxygens (including phenoxy) is 1. The quantitative estimate of drug-likeness (QED) is 0.637. The van der Waals surface area contributed by atoms with Crippen LogP contribution in [0.4, 0.5) is 5.69 Å². The van der Waals surface area contributed by atoms with Crippen molar-refractivity contribution in [3.05, 3.63) is 95.1 Å². The summed E-state index contributed by atoms with van der Waals surface area (Å²) in [4.78, 5) is 24.4. The molecule has 0 aliphatic carbocycles. The van der Waals surface area contributed by atoms with Crippen LogP contribution < -0.4 is 5.32 Å². The third kappa shape index (κ3) is 4.98. The number of esters is 1. The Morgan fingerprint density at radius 1 is 0.964 bits per heavy atom. The maximum absolute atomic E-state index is 12.3. The highest BCUT2D eigenvalue weighted by Crippen LogP contribution is 2.20. The Morgan fingerprint density at radius 2 is 1.68 bits per heavy atom. The lowest BCUT2D eigenvalue weighted by molar-refractivity contribution is -0.119. The van der Waals surface area contributed by atoms with Crippen molar-refractivity contribution in [3.63, 3.8) is 0 Å². The SMILES string of the molecule is Cc1ccc(O)c(C(=O)OCC(=O)Nc2ccccc2Cc2ccccc2)c1. The minimum absolute atomic E-state index is 0.0391. The van der Waals surface area contributed by atoms with Crippen molar-refractivity contribution in [2.24, 2.45) is 0 Å². The van der Waals surface area contributed by atoms with Crippen LogP contribution in [0, 0.1) is 6.92 Å². The first-order valence-corrected chi connectivity index (χ1v) is 8.91. The fourth-order valence-corrected chi connectivity index (χ4v) is 2.82. The van der Waals surface area contributed by atoms with Gasteiger partial charge in [-0.2, -0.15) is 0 Å². The molecule has 2 N–H and O–H groups in total. The summed E-state index contributed by atoms with van der Waals surface area (Å²) in [6, 6.07) is 22.1. The molecule has 0 heterocycles. The van der Waals surface area contributed by atoms with Crippen molar-refractivity contribution in [1.29, 1.82) is 0 Å². The van der Waals surface area contributed by atoms with Gasteiger partial charge in [-0.15, -0.1) is 0 Å². The second kappa shape index (κ2) is 8.86. The van der Waals surface area contributed by atoms with Gasteiger partial charge in [-0.1, -0.05) is 60.2 Å². The number of carbonyl (C=O) groups is 2. The average Bonchev–Trinajstić information content (AvgIpc) is 2.70. The van der Waals surface area contributed by atoms with E-state index in [4.69, 9.17) is 4.74 Å². The largest absolute Gasteiger partial charge is 0.507 e. The second-order valence-corrected chi connectivity index (χ2v) is 6.46. The van der Waals surface area contributed by atoms with Crippen LogP contribution in [0.3, 0.4) is 0 Å². The van der Waals surface area contributed by atoms with Gasteiger partial charge in [0.15, 0.2) is 6.61 Å². The highest BCUT2D eigenvalue weighted by molar-refractivity contribution is 5.97. The summed E-state index contributed by atoms with van der Waals surface area (Å²) >= 11 is 0. The van der Waals surface area contributed by atoms with Gasteiger partial charge in [0, 0.05) is 5.69 Å². The molecule has 3 rings (SSSR count). The molecule has 5 nitrogen and oxygen atoms in total. The number of nitrogens with one attached hydrogen (secondary N) is 1. The molecule has 0 aliphatic heterocycles. The van der Waals surface area contributed by atoms with Gasteiger partial charge >= 0.3 is 5.97 Å². The van der Waals surface area contributed by atoms with Gasteiger partial charge < -0.3 is 15.2 Å². The Kier molecular flexibility index (Phi) is 6.07. The highest BCUT2D eigenvalue weighted by atomic mass is 16.5. The van der Waals surface area contributed by atoms with Gasteiger partial charge in [-0.25, -0.2) is 4.79 Å². The fourth-order valence-electron chi connectivity index (χ4n) is 2.82. The number of aromatic hydroxyl groups is 1. The molecular weight excluding hydrogens is 354 g/mol. The maximum atomic E-state index is 12.3. The summed E-state index contributed by atoms with van der Waals surface area (Å²) in [5.41, 5.74) is 3.61. The van der Waals surface area contributed by atoms with Gasteiger partial charge in [-0.05, 0) is 42.7 Å². The third-order valence-electron chi connectivity index (χ3n) is 4.24. The molecule has 0 fully saturated rings. The van der Waals surface area contributed by atoms with Gasteiger partial charge in [0.05, 0.1) is 0 Å². The summed E-state index contributed by atoms with van der Waals surface area (Å²) in [5.74, 6) is -1.36. The Balaban J connectivity index is 1.62.